The van der Waals surface area contributed by atoms with Gasteiger partial charge >= 0.3 is 0 Å². The van der Waals surface area contributed by atoms with E-state index in [1.54, 1.807) is 0 Å². The Morgan fingerprint density at radius 3 is 2.80 bits per heavy atom. The van der Waals surface area contributed by atoms with Crippen LogP contribution < -0.4 is 5.32 Å². The molecule has 1 aliphatic carbocycles. The molecule has 3 heterocycles. The van der Waals surface area contributed by atoms with Crippen LogP contribution in [0.15, 0.2) is 6.33 Å². The zero-order valence-corrected chi connectivity index (χ0v) is 14.3. The highest BCUT2D eigenvalue weighted by Gasteiger charge is 2.39. The fourth-order valence-corrected chi connectivity index (χ4v) is 4.67. The van der Waals surface area contributed by atoms with E-state index in [0.29, 0.717) is 18.9 Å². The summed E-state index contributed by atoms with van der Waals surface area (Å²) in [5.74, 6) is 1.05. The van der Waals surface area contributed by atoms with Gasteiger partial charge < -0.3 is 10.2 Å². The lowest BCUT2D eigenvalue weighted by atomic mass is 9.85. The topological polar surface area (TPSA) is 63.1 Å². The summed E-state index contributed by atoms with van der Waals surface area (Å²) < 4.78 is 28.2. The Hall–Kier alpha value is -1.73. The van der Waals surface area contributed by atoms with Crippen LogP contribution in [0.25, 0.3) is 0 Å². The number of anilines is 1. The largest absolute Gasteiger partial charge is 0.351 e. The zero-order chi connectivity index (χ0) is 17.4. The van der Waals surface area contributed by atoms with E-state index in [-0.39, 0.29) is 23.8 Å². The monoisotopic (exact) mass is 353 g/mol. The van der Waals surface area contributed by atoms with Crippen LogP contribution in [0.3, 0.4) is 0 Å². The van der Waals surface area contributed by atoms with Gasteiger partial charge in [0.15, 0.2) is 0 Å². The van der Waals surface area contributed by atoms with Gasteiger partial charge in [-0.25, -0.2) is 13.5 Å². The van der Waals surface area contributed by atoms with Crippen LogP contribution in [0.2, 0.25) is 0 Å². The molecule has 1 aromatic heterocycles. The Morgan fingerprint density at radius 2 is 2.04 bits per heavy atom. The van der Waals surface area contributed by atoms with Crippen LogP contribution in [0.5, 0.6) is 0 Å². The van der Waals surface area contributed by atoms with Gasteiger partial charge in [-0.2, -0.15) is 10.1 Å². The van der Waals surface area contributed by atoms with Gasteiger partial charge in [0.2, 0.25) is 11.9 Å². The Labute approximate surface area is 146 Å². The number of rotatable bonds is 3. The SMILES string of the molecule is O=C(C1CCCC1)N1CCC[C@@H]([C@@H]2C[C@H](C(F)F)n3ncnc3N2)C1. The maximum Gasteiger partial charge on any atom is 0.260 e. The molecule has 0 bridgehead atoms. The first-order valence-corrected chi connectivity index (χ1v) is 9.36. The quantitative estimate of drug-likeness (QED) is 0.908. The third kappa shape index (κ3) is 3.22. The lowest BCUT2D eigenvalue weighted by molar-refractivity contribution is -0.137. The predicted molar refractivity (Wildman–Crippen MR) is 88.4 cm³/mol. The van der Waals surface area contributed by atoms with E-state index in [9.17, 15) is 13.6 Å². The molecule has 0 radical (unpaired) electrons. The van der Waals surface area contributed by atoms with Crippen LogP contribution in [0.1, 0.15) is 51.0 Å². The summed E-state index contributed by atoms with van der Waals surface area (Å²) in [7, 11) is 0. The number of carbonyl (C=O) groups is 1. The minimum absolute atomic E-state index is 0.0881. The summed E-state index contributed by atoms with van der Waals surface area (Å²) in [6, 6.07) is -1.03. The lowest BCUT2D eigenvalue weighted by Gasteiger charge is -2.41. The molecule has 0 spiro atoms. The number of amides is 1. The van der Waals surface area contributed by atoms with Crippen molar-refractivity contribution in [3.63, 3.8) is 0 Å². The fourth-order valence-electron chi connectivity index (χ4n) is 4.67. The average Bonchev–Trinajstić information content (AvgIpc) is 3.31. The molecule has 1 aromatic rings. The second-order valence-corrected chi connectivity index (χ2v) is 7.58. The molecule has 25 heavy (non-hydrogen) atoms. The average molecular weight is 353 g/mol. The van der Waals surface area contributed by atoms with Crippen LogP contribution in [-0.2, 0) is 4.79 Å². The highest BCUT2D eigenvalue weighted by atomic mass is 19.3. The molecule has 0 aromatic carbocycles. The molecule has 2 fully saturated rings. The van der Waals surface area contributed by atoms with Gasteiger partial charge in [0.25, 0.3) is 6.43 Å². The first kappa shape index (κ1) is 16.7. The Balaban J connectivity index is 1.45. The number of nitrogens with one attached hydrogen (secondary N) is 1. The number of fused-ring (bicyclic) bond motifs is 1. The van der Waals surface area contributed by atoms with Gasteiger partial charge in [-0.3, -0.25) is 4.79 Å². The summed E-state index contributed by atoms with van der Waals surface area (Å²) in [5.41, 5.74) is 0. The number of carbonyl (C=O) groups excluding carboxylic acids is 1. The van der Waals surface area contributed by atoms with Crippen molar-refractivity contribution in [2.24, 2.45) is 11.8 Å². The number of hydrogen-bond donors (Lipinski definition) is 1. The molecule has 1 N–H and O–H groups in total. The van der Waals surface area contributed by atoms with Crippen molar-refractivity contribution in [1.82, 2.24) is 19.7 Å². The van der Waals surface area contributed by atoms with E-state index in [4.69, 9.17) is 0 Å². The Kier molecular flexibility index (Phi) is 4.60. The van der Waals surface area contributed by atoms with E-state index in [0.717, 1.165) is 45.1 Å². The van der Waals surface area contributed by atoms with E-state index in [1.807, 2.05) is 4.90 Å². The fraction of sp³-hybridized carbons (Fsp3) is 0.824. The highest BCUT2D eigenvalue weighted by molar-refractivity contribution is 5.79. The first-order valence-electron chi connectivity index (χ1n) is 9.36. The molecule has 6 nitrogen and oxygen atoms in total. The molecular formula is C17H25F2N5O. The molecule has 138 valence electrons. The molecule has 0 unspecified atom stereocenters. The number of nitrogens with zero attached hydrogens (tertiary/aromatic N) is 4. The van der Waals surface area contributed by atoms with Crippen molar-refractivity contribution in [2.75, 3.05) is 18.4 Å². The van der Waals surface area contributed by atoms with Gasteiger partial charge in [-0.1, -0.05) is 12.8 Å². The van der Waals surface area contributed by atoms with Crippen LogP contribution in [0, 0.1) is 11.8 Å². The van der Waals surface area contributed by atoms with Crippen LogP contribution >= 0.6 is 0 Å². The standard InChI is InChI=1S/C17H25F2N5O/c18-15(19)14-8-13(22-17-20-10-21-24(14)17)12-6-3-7-23(9-12)16(25)11-4-1-2-5-11/h10-15H,1-9H2,(H,20,21,22)/t12-,13+,14-/m1/s1. The predicted octanol–water partition coefficient (Wildman–Crippen LogP) is 2.70. The third-order valence-electron chi connectivity index (χ3n) is 6.03. The van der Waals surface area contributed by atoms with Crippen molar-refractivity contribution < 1.29 is 13.6 Å². The summed E-state index contributed by atoms with van der Waals surface area (Å²) in [6.45, 7) is 1.46. The Bertz CT molecular complexity index is 616. The third-order valence-corrected chi connectivity index (χ3v) is 6.03. The van der Waals surface area contributed by atoms with E-state index >= 15 is 0 Å². The molecule has 8 heteroatoms. The summed E-state index contributed by atoms with van der Waals surface area (Å²) in [6.07, 6.45) is 5.35. The van der Waals surface area contributed by atoms with Crippen LogP contribution in [-0.4, -0.2) is 51.1 Å². The molecule has 1 saturated carbocycles. The van der Waals surface area contributed by atoms with Gasteiger partial charge in [-0.15, -0.1) is 0 Å². The number of alkyl halides is 2. The molecule has 3 atom stereocenters. The molecule has 3 aliphatic rings. The normalized spacial score (nSPS) is 30.4. The van der Waals surface area contributed by atoms with Crippen LogP contribution in [0.4, 0.5) is 14.7 Å². The van der Waals surface area contributed by atoms with Crippen molar-refractivity contribution in [3.05, 3.63) is 6.33 Å². The molecule has 1 amide bonds. The zero-order valence-electron chi connectivity index (χ0n) is 14.3. The summed E-state index contributed by atoms with van der Waals surface area (Å²) in [4.78, 5) is 18.8. The second kappa shape index (κ2) is 6.88. The number of piperidine rings is 1. The van der Waals surface area contributed by atoms with Gasteiger partial charge in [0, 0.05) is 25.0 Å². The lowest BCUT2D eigenvalue weighted by Crippen LogP contribution is -2.49. The molecule has 2 aliphatic heterocycles. The second-order valence-electron chi connectivity index (χ2n) is 7.58. The minimum atomic E-state index is -2.47. The van der Waals surface area contributed by atoms with Crippen molar-refractivity contribution in [1.29, 1.82) is 0 Å². The maximum atomic E-state index is 13.4. The molecular weight excluding hydrogens is 328 g/mol. The van der Waals surface area contributed by atoms with E-state index in [1.165, 1.54) is 11.0 Å². The Morgan fingerprint density at radius 1 is 1.24 bits per heavy atom. The van der Waals surface area contributed by atoms with Gasteiger partial charge in [0.05, 0.1) is 0 Å². The number of hydrogen-bond acceptors (Lipinski definition) is 4. The summed E-state index contributed by atoms with van der Waals surface area (Å²) in [5, 5.41) is 7.21. The number of aromatic nitrogens is 3. The highest BCUT2D eigenvalue weighted by Crippen LogP contribution is 2.36. The maximum absolute atomic E-state index is 13.4. The van der Waals surface area contributed by atoms with E-state index in [2.05, 4.69) is 15.4 Å². The molecule has 4 rings (SSSR count). The number of halogens is 2. The smallest absolute Gasteiger partial charge is 0.260 e. The molecule has 1 saturated heterocycles. The van der Waals surface area contributed by atoms with Crippen molar-refractivity contribution >= 4 is 11.9 Å². The van der Waals surface area contributed by atoms with Gasteiger partial charge in [-0.05, 0) is 38.0 Å². The summed E-state index contributed by atoms with van der Waals surface area (Å²) >= 11 is 0. The minimum Gasteiger partial charge on any atom is -0.351 e. The van der Waals surface area contributed by atoms with Gasteiger partial charge in [0.1, 0.15) is 12.4 Å². The van der Waals surface area contributed by atoms with E-state index < -0.39 is 12.5 Å². The first-order chi connectivity index (χ1) is 12.1. The van der Waals surface area contributed by atoms with Crippen molar-refractivity contribution in [2.45, 2.75) is 63.5 Å². The van der Waals surface area contributed by atoms with Crippen molar-refractivity contribution in [3.8, 4) is 0 Å². The number of likely N-dealkylation sites (tertiary alicyclic amines) is 1.